The quantitative estimate of drug-likeness (QED) is 0.889. The van der Waals surface area contributed by atoms with Crippen LogP contribution in [0.4, 0.5) is 10.1 Å². The second kappa shape index (κ2) is 6.93. The molecule has 0 bridgehead atoms. The summed E-state index contributed by atoms with van der Waals surface area (Å²) in [4.78, 5) is 23.7. The van der Waals surface area contributed by atoms with Gasteiger partial charge in [0.15, 0.2) is 0 Å². The van der Waals surface area contributed by atoms with Crippen LogP contribution in [0.15, 0.2) is 36.4 Å². The molecule has 2 aromatic rings. The van der Waals surface area contributed by atoms with E-state index in [4.69, 9.17) is 9.84 Å². The van der Waals surface area contributed by atoms with Crippen molar-refractivity contribution in [3.8, 4) is 5.75 Å². The van der Waals surface area contributed by atoms with Crippen LogP contribution in [0.2, 0.25) is 0 Å². The zero-order chi connectivity index (χ0) is 18.0. The van der Waals surface area contributed by atoms with E-state index in [1.165, 1.54) is 0 Å². The van der Waals surface area contributed by atoms with E-state index < -0.39 is 17.7 Å². The molecule has 0 spiro atoms. The molecule has 130 valence electrons. The number of halogens is 1. The van der Waals surface area contributed by atoms with E-state index in [0.29, 0.717) is 12.2 Å². The number of carboxylic acid groups (broad SMARTS) is 1. The van der Waals surface area contributed by atoms with Gasteiger partial charge in [0.1, 0.15) is 11.6 Å². The molecule has 2 aromatic carbocycles. The van der Waals surface area contributed by atoms with Gasteiger partial charge in [0.2, 0.25) is 5.91 Å². The molecule has 0 fully saturated rings. The highest BCUT2D eigenvalue weighted by molar-refractivity contribution is 5.98. The Morgan fingerprint density at radius 2 is 2.04 bits per heavy atom. The van der Waals surface area contributed by atoms with Gasteiger partial charge in [-0.25, -0.2) is 9.18 Å². The fourth-order valence-electron chi connectivity index (χ4n) is 3.15. The molecule has 5 nitrogen and oxygen atoms in total. The number of rotatable bonds is 4. The van der Waals surface area contributed by atoms with E-state index >= 15 is 0 Å². The molecule has 1 unspecified atom stereocenters. The summed E-state index contributed by atoms with van der Waals surface area (Å²) in [6.45, 7) is 0. The summed E-state index contributed by atoms with van der Waals surface area (Å²) in [5, 5.41) is 11.6. The predicted molar refractivity (Wildman–Crippen MR) is 90.7 cm³/mol. The Bertz CT molecular complexity index is 834. The van der Waals surface area contributed by atoms with Crippen molar-refractivity contribution in [3.05, 3.63) is 58.9 Å². The van der Waals surface area contributed by atoms with Crippen molar-refractivity contribution in [3.63, 3.8) is 0 Å². The fourth-order valence-corrected chi connectivity index (χ4v) is 3.15. The van der Waals surface area contributed by atoms with Gasteiger partial charge in [0.05, 0.1) is 24.3 Å². The van der Waals surface area contributed by atoms with Gasteiger partial charge >= 0.3 is 5.97 Å². The highest BCUT2D eigenvalue weighted by atomic mass is 19.1. The number of nitrogens with one attached hydrogen (secondary N) is 1. The lowest BCUT2D eigenvalue weighted by Gasteiger charge is -2.25. The van der Waals surface area contributed by atoms with Crippen molar-refractivity contribution < 1.29 is 23.8 Å². The lowest BCUT2D eigenvalue weighted by molar-refractivity contribution is -0.117. The highest BCUT2D eigenvalue weighted by Crippen LogP contribution is 2.35. The van der Waals surface area contributed by atoms with Crippen molar-refractivity contribution in [1.82, 2.24) is 0 Å². The normalized spacial score (nSPS) is 16.0. The molecule has 0 radical (unpaired) electrons. The number of fused-ring (bicyclic) bond motifs is 1. The molecule has 6 heteroatoms. The van der Waals surface area contributed by atoms with Gasteiger partial charge in [-0.2, -0.15) is 0 Å². The third-order valence-corrected chi connectivity index (χ3v) is 4.46. The van der Waals surface area contributed by atoms with Crippen LogP contribution in [-0.4, -0.2) is 24.1 Å². The molecule has 1 aliphatic rings. The Morgan fingerprint density at radius 1 is 1.24 bits per heavy atom. The second-order valence-corrected chi connectivity index (χ2v) is 6.00. The van der Waals surface area contributed by atoms with Crippen LogP contribution in [-0.2, 0) is 11.2 Å². The van der Waals surface area contributed by atoms with Gasteiger partial charge in [-0.3, -0.25) is 4.79 Å². The van der Waals surface area contributed by atoms with Crippen molar-refractivity contribution in [2.75, 3.05) is 12.4 Å². The van der Waals surface area contributed by atoms with E-state index in [1.54, 1.807) is 7.11 Å². The zero-order valence-electron chi connectivity index (χ0n) is 13.7. The number of anilines is 1. The number of carbonyl (C=O) groups is 2. The van der Waals surface area contributed by atoms with Crippen LogP contribution in [0.25, 0.3) is 0 Å². The first-order valence-electron chi connectivity index (χ1n) is 8.00. The summed E-state index contributed by atoms with van der Waals surface area (Å²) in [5.41, 5.74) is 1.74. The first kappa shape index (κ1) is 17.0. The fraction of sp³-hybridized carbons (Fsp3) is 0.263. The van der Waals surface area contributed by atoms with E-state index in [2.05, 4.69) is 5.32 Å². The Balaban J connectivity index is 1.88. The van der Waals surface area contributed by atoms with Gasteiger partial charge in [0, 0.05) is 0 Å². The number of hydrogen-bond donors (Lipinski definition) is 2. The topological polar surface area (TPSA) is 75.6 Å². The first-order chi connectivity index (χ1) is 12.0. The van der Waals surface area contributed by atoms with Crippen molar-refractivity contribution in [2.24, 2.45) is 0 Å². The van der Waals surface area contributed by atoms with Crippen LogP contribution >= 0.6 is 0 Å². The van der Waals surface area contributed by atoms with E-state index in [1.807, 2.05) is 18.2 Å². The van der Waals surface area contributed by atoms with Crippen LogP contribution < -0.4 is 10.1 Å². The van der Waals surface area contributed by atoms with Gasteiger partial charge < -0.3 is 15.2 Å². The lowest BCUT2D eigenvalue weighted by atomic mass is 9.82. The number of benzene rings is 2. The zero-order valence-corrected chi connectivity index (χ0v) is 13.7. The molecule has 3 rings (SSSR count). The van der Waals surface area contributed by atoms with Gasteiger partial charge in [-0.1, -0.05) is 6.07 Å². The average Bonchev–Trinajstić information content (AvgIpc) is 2.62. The van der Waals surface area contributed by atoms with Crippen LogP contribution in [0.3, 0.4) is 0 Å². The summed E-state index contributed by atoms with van der Waals surface area (Å²) < 4.78 is 19.2. The smallest absolute Gasteiger partial charge is 0.335 e. The summed E-state index contributed by atoms with van der Waals surface area (Å²) >= 11 is 0. The molecule has 0 saturated carbocycles. The number of amides is 1. The van der Waals surface area contributed by atoms with E-state index in [9.17, 15) is 14.0 Å². The van der Waals surface area contributed by atoms with Gasteiger partial charge in [-0.15, -0.1) is 0 Å². The number of carbonyl (C=O) groups excluding carboxylic acids is 1. The summed E-state index contributed by atoms with van der Waals surface area (Å²) in [6, 6.07) is 8.97. The third kappa shape index (κ3) is 3.47. The minimum absolute atomic E-state index is 0.0811. The summed E-state index contributed by atoms with van der Waals surface area (Å²) in [6.07, 6.45) is 2.38. The maximum atomic E-state index is 13.9. The van der Waals surface area contributed by atoms with Gasteiger partial charge in [-0.05, 0) is 60.7 Å². The number of methoxy groups -OCH3 is 1. The van der Waals surface area contributed by atoms with Crippen LogP contribution in [0.1, 0.15) is 40.2 Å². The van der Waals surface area contributed by atoms with Crippen LogP contribution in [0.5, 0.6) is 5.75 Å². The molecule has 2 N–H and O–H groups in total. The number of hydrogen-bond acceptors (Lipinski definition) is 3. The molecule has 0 aromatic heterocycles. The molecular weight excluding hydrogens is 325 g/mol. The van der Waals surface area contributed by atoms with Crippen molar-refractivity contribution in [1.29, 1.82) is 0 Å². The van der Waals surface area contributed by atoms with E-state index in [0.717, 1.165) is 42.2 Å². The average molecular weight is 343 g/mol. The Morgan fingerprint density at radius 3 is 2.76 bits per heavy atom. The molecule has 1 amide bonds. The predicted octanol–water partition coefficient (Wildman–Crippen LogP) is 3.59. The number of carboxylic acids is 1. The Labute approximate surface area is 144 Å². The first-order valence-corrected chi connectivity index (χ1v) is 8.00. The number of aryl methyl sites for hydroxylation is 1. The minimum Gasteiger partial charge on any atom is -0.497 e. The molecule has 0 heterocycles. The van der Waals surface area contributed by atoms with Gasteiger partial charge in [0.25, 0.3) is 0 Å². The standard InChI is InChI=1S/C19H18FNO4/c1-25-13-7-5-11-3-2-4-14(15(11)10-13)18(22)21-17-9-12(19(23)24)6-8-16(17)20/h5-10,14H,2-4H2,1H3,(H,21,22)(H,23,24). The lowest BCUT2D eigenvalue weighted by Crippen LogP contribution is -2.25. The van der Waals surface area contributed by atoms with Crippen LogP contribution in [0, 0.1) is 5.82 Å². The highest BCUT2D eigenvalue weighted by Gasteiger charge is 2.27. The molecule has 25 heavy (non-hydrogen) atoms. The summed E-state index contributed by atoms with van der Waals surface area (Å²) in [7, 11) is 1.56. The maximum absolute atomic E-state index is 13.9. The molecule has 0 saturated heterocycles. The number of aromatic carboxylic acids is 1. The largest absolute Gasteiger partial charge is 0.497 e. The second-order valence-electron chi connectivity index (χ2n) is 6.00. The van der Waals surface area contributed by atoms with E-state index in [-0.39, 0.29) is 17.2 Å². The SMILES string of the molecule is COc1ccc2c(c1)C(C(=O)Nc1cc(C(=O)O)ccc1F)CCC2. The molecule has 0 aliphatic heterocycles. The Kier molecular flexibility index (Phi) is 4.70. The minimum atomic E-state index is -1.18. The third-order valence-electron chi connectivity index (χ3n) is 4.46. The molecule has 1 atom stereocenters. The van der Waals surface area contributed by atoms with Crippen molar-refractivity contribution >= 4 is 17.6 Å². The summed E-state index contributed by atoms with van der Waals surface area (Å²) in [5.74, 6) is -1.96. The molecular formula is C19H18FNO4. The number of ether oxygens (including phenoxy) is 1. The Hall–Kier alpha value is -2.89. The molecule has 1 aliphatic carbocycles. The van der Waals surface area contributed by atoms with Crippen molar-refractivity contribution in [2.45, 2.75) is 25.2 Å². The maximum Gasteiger partial charge on any atom is 0.335 e. The monoisotopic (exact) mass is 343 g/mol.